The first kappa shape index (κ1) is 20.8. The van der Waals surface area contributed by atoms with E-state index in [0.717, 1.165) is 17.7 Å². The minimum absolute atomic E-state index is 0.00640. The largest absolute Gasteiger partial charge is 0.462 e. The normalized spacial score (nSPS) is 23.0. The number of amides is 1. The first-order valence-electron chi connectivity index (χ1n) is 10.7. The summed E-state index contributed by atoms with van der Waals surface area (Å²) in [6, 6.07) is 20.3. The molecule has 0 spiro atoms. The number of hydrogen-bond acceptors (Lipinski definition) is 6. The number of thioether (sulfide) groups is 1. The van der Waals surface area contributed by atoms with Crippen LogP contribution in [-0.4, -0.2) is 41.6 Å². The highest BCUT2D eigenvalue weighted by atomic mass is 32.2. The molecule has 1 saturated heterocycles. The molecule has 3 heterocycles. The molecular formula is C25H25NO5S. The van der Waals surface area contributed by atoms with Crippen LogP contribution in [0.25, 0.3) is 0 Å². The summed E-state index contributed by atoms with van der Waals surface area (Å²) in [6.07, 6.45) is 4.36. The van der Waals surface area contributed by atoms with Crippen molar-refractivity contribution in [3.63, 3.8) is 0 Å². The SMILES string of the molecule is O=C1CSC(C2=COC(Cc3ccccc3)O2)N1CC(Cc1ccccc1)C1=COCO1. The molecule has 3 aliphatic rings. The number of carbonyl (C=O) groups is 1. The number of nitrogens with zero attached hydrogens (tertiary/aromatic N) is 1. The van der Waals surface area contributed by atoms with Crippen LogP contribution in [-0.2, 0) is 36.6 Å². The maximum atomic E-state index is 12.8. The van der Waals surface area contributed by atoms with Crippen molar-refractivity contribution in [2.75, 3.05) is 19.1 Å². The zero-order valence-electron chi connectivity index (χ0n) is 17.6. The Morgan fingerprint density at radius 2 is 1.75 bits per heavy atom. The van der Waals surface area contributed by atoms with Crippen molar-refractivity contribution < 1.29 is 23.7 Å². The summed E-state index contributed by atoms with van der Waals surface area (Å²) in [6.45, 7) is 0.737. The number of carbonyl (C=O) groups excluding carboxylic acids is 1. The number of benzene rings is 2. The molecule has 0 N–H and O–H groups in total. The smallest absolute Gasteiger partial charge is 0.244 e. The van der Waals surface area contributed by atoms with Gasteiger partial charge in [0.25, 0.3) is 0 Å². The van der Waals surface area contributed by atoms with E-state index in [1.165, 1.54) is 5.56 Å². The van der Waals surface area contributed by atoms with Crippen LogP contribution in [0, 0.1) is 5.92 Å². The van der Waals surface area contributed by atoms with Gasteiger partial charge in [-0.1, -0.05) is 60.7 Å². The fourth-order valence-electron chi connectivity index (χ4n) is 4.11. The average molecular weight is 452 g/mol. The molecule has 6 nitrogen and oxygen atoms in total. The summed E-state index contributed by atoms with van der Waals surface area (Å²) in [5.41, 5.74) is 2.33. The van der Waals surface area contributed by atoms with Crippen LogP contribution in [0.15, 0.2) is 84.7 Å². The van der Waals surface area contributed by atoms with Gasteiger partial charge in [0.15, 0.2) is 5.76 Å². The molecule has 0 aromatic heterocycles. The lowest BCUT2D eigenvalue weighted by atomic mass is 9.97. The highest BCUT2D eigenvalue weighted by Gasteiger charge is 2.40. The molecule has 5 rings (SSSR count). The maximum Gasteiger partial charge on any atom is 0.244 e. The second-order valence-electron chi connectivity index (χ2n) is 7.94. The lowest BCUT2D eigenvalue weighted by Gasteiger charge is -2.28. The van der Waals surface area contributed by atoms with Crippen molar-refractivity contribution in [2.45, 2.75) is 24.5 Å². The Kier molecular flexibility index (Phi) is 6.25. The highest BCUT2D eigenvalue weighted by molar-refractivity contribution is 8.01. The molecule has 0 radical (unpaired) electrons. The molecule has 7 heteroatoms. The molecule has 3 atom stereocenters. The van der Waals surface area contributed by atoms with Crippen LogP contribution in [0.4, 0.5) is 0 Å². The molecule has 1 amide bonds. The van der Waals surface area contributed by atoms with Crippen LogP contribution in [0.2, 0.25) is 0 Å². The third kappa shape index (κ3) is 4.72. The monoisotopic (exact) mass is 451 g/mol. The van der Waals surface area contributed by atoms with Crippen LogP contribution in [0.1, 0.15) is 11.1 Å². The Hall–Kier alpha value is -3.06. The lowest BCUT2D eigenvalue weighted by molar-refractivity contribution is -0.129. The van der Waals surface area contributed by atoms with E-state index in [0.29, 0.717) is 24.5 Å². The molecule has 0 saturated carbocycles. The molecule has 2 aromatic carbocycles. The van der Waals surface area contributed by atoms with Gasteiger partial charge in [0.05, 0.1) is 5.75 Å². The summed E-state index contributed by atoms with van der Waals surface area (Å²) in [4.78, 5) is 14.7. The molecule has 3 aliphatic heterocycles. The van der Waals surface area contributed by atoms with Crippen LogP contribution >= 0.6 is 11.8 Å². The van der Waals surface area contributed by atoms with Gasteiger partial charge >= 0.3 is 0 Å². The van der Waals surface area contributed by atoms with Crippen LogP contribution in [0.5, 0.6) is 0 Å². The van der Waals surface area contributed by atoms with Gasteiger partial charge in [0.2, 0.25) is 19.0 Å². The minimum Gasteiger partial charge on any atom is -0.462 e. The summed E-state index contributed by atoms with van der Waals surface area (Å²) < 4.78 is 22.9. The first-order valence-corrected chi connectivity index (χ1v) is 11.8. The van der Waals surface area contributed by atoms with E-state index >= 15 is 0 Å². The van der Waals surface area contributed by atoms with E-state index in [1.807, 2.05) is 41.3 Å². The average Bonchev–Trinajstić information content (AvgIpc) is 3.57. The van der Waals surface area contributed by atoms with Gasteiger partial charge < -0.3 is 23.8 Å². The Morgan fingerprint density at radius 1 is 1.00 bits per heavy atom. The zero-order valence-corrected chi connectivity index (χ0v) is 18.4. The minimum atomic E-state index is -0.375. The lowest BCUT2D eigenvalue weighted by Crippen LogP contribution is -2.39. The van der Waals surface area contributed by atoms with Gasteiger partial charge in [0.1, 0.15) is 23.7 Å². The van der Waals surface area contributed by atoms with E-state index < -0.39 is 0 Å². The predicted molar refractivity (Wildman–Crippen MR) is 121 cm³/mol. The molecule has 166 valence electrons. The van der Waals surface area contributed by atoms with Crippen molar-refractivity contribution >= 4 is 17.7 Å². The number of hydrogen-bond donors (Lipinski definition) is 0. The maximum absolute atomic E-state index is 12.8. The van der Waals surface area contributed by atoms with Gasteiger partial charge in [-0.15, -0.1) is 11.8 Å². The highest BCUT2D eigenvalue weighted by Crippen LogP contribution is 2.36. The third-order valence-corrected chi connectivity index (χ3v) is 6.91. The van der Waals surface area contributed by atoms with Crippen molar-refractivity contribution in [1.82, 2.24) is 4.90 Å². The van der Waals surface area contributed by atoms with E-state index in [-0.39, 0.29) is 30.3 Å². The molecule has 0 bridgehead atoms. The standard InChI is InChI=1S/C25H25NO5S/c27-23-16-32-25(22-15-29-24(31-22)12-19-9-5-2-6-10-19)26(23)13-20(21-14-28-17-30-21)11-18-7-3-1-4-8-18/h1-10,14-15,20,24-25H,11-13,16-17H2. The van der Waals surface area contributed by atoms with Gasteiger partial charge in [-0.2, -0.15) is 0 Å². The molecule has 3 unspecified atom stereocenters. The Balaban J connectivity index is 1.27. The Bertz CT molecular complexity index is 994. The second kappa shape index (κ2) is 9.61. The molecule has 2 aromatic rings. The predicted octanol–water partition coefficient (Wildman–Crippen LogP) is 4.05. The van der Waals surface area contributed by atoms with E-state index in [1.54, 1.807) is 24.3 Å². The Morgan fingerprint density at radius 3 is 2.47 bits per heavy atom. The van der Waals surface area contributed by atoms with Gasteiger partial charge in [-0.25, -0.2) is 0 Å². The van der Waals surface area contributed by atoms with E-state index in [9.17, 15) is 4.79 Å². The fourth-order valence-corrected chi connectivity index (χ4v) is 5.23. The van der Waals surface area contributed by atoms with Crippen LogP contribution in [0.3, 0.4) is 0 Å². The molecule has 1 fully saturated rings. The summed E-state index contributed by atoms with van der Waals surface area (Å²) >= 11 is 1.57. The second-order valence-corrected chi connectivity index (χ2v) is 9.01. The van der Waals surface area contributed by atoms with Crippen molar-refractivity contribution in [3.8, 4) is 0 Å². The van der Waals surface area contributed by atoms with E-state index in [4.69, 9.17) is 18.9 Å². The van der Waals surface area contributed by atoms with Gasteiger partial charge in [0, 0.05) is 18.9 Å². The van der Waals surface area contributed by atoms with E-state index in [2.05, 4.69) is 24.3 Å². The number of ether oxygens (including phenoxy) is 4. The topological polar surface area (TPSA) is 57.2 Å². The number of rotatable bonds is 8. The molecule has 0 aliphatic carbocycles. The van der Waals surface area contributed by atoms with Crippen molar-refractivity contribution in [2.24, 2.45) is 5.92 Å². The zero-order chi connectivity index (χ0) is 21.8. The van der Waals surface area contributed by atoms with Crippen molar-refractivity contribution in [3.05, 3.63) is 95.8 Å². The first-order chi connectivity index (χ1) is 15.8. The molecular weight excluding hydrogens is 426 g/mol. The summed E-state index contributed by atoms with van der Waals surface area (Å²) in [7, 11) is 0. The molecule has 32 heavy (non-hydrogen) atoms. The van der Waals surface area contributed by atoms with Crippen LogP contribution < -0.4 is 0 Å². The summed E-state index contributed by atoms with van der Waals surface area (Å²) in [5, 5.41) is -0.204. The fraction of sp³-hybridized carbons (Fsp3) is 0.320. The van der Waals surface area contributed by atoms with Gasteiger partial charge in [-0.05, 0) is 17.5 Å². The third-order valence-electron chi connectivity index (χ3n) is 5.70. The summed E-state index contributed by atoms with van der Waals surface area (Å²) in [5.74, 6) is 1.97. The van der Waals surface area contributed by atoms with Crippen molar-refractivity contribution in [1.29, 1.82) is 0 Å². The van der Waals surface area contributed by atoms with Gasteiger partial charge in [-0.3, -0.25) is 4.79 Å². The Labute approximate surface area is 191 Å². The quantitative estimate of drug-likeness (QED) is 0.604.